The highest BCUT2D eigenvalue weighted by atomic mass is 16.5. The van der Waals surface area contributed by atoms with E-state index in [0.29, 0.717) is 5.96 Å². The van der Waals surface area contributed by atoms with Crippen LogP contribution >= 0.6 is 0 Å². The Morgan fingerprint density at radius 1 is 1.18 bits per heavy atom. The molecule has 2 rings (SSSR count). The number of guanidine groups is 1. The third-order valence-electron chi connectivity index (χ3n) is 4.92. The molecule has 2 aliphatic rings. The lowest BCUT2D eigenvalue weighted by Crippen LogP contribution is -2.53. The Morgan fingerprint density at radius 2 is 1.82 bits per heavy atom. The number of likely N-dealkylation sites (tertiary alicyclic amines) is 1. The SMILES string of the molecule is CC1CC(C)CN(C(C)(C)CN=C(N)N2CCOC(C)C2)C1. The van der Waals surface area contributed by atoms with E-state index in [-0.39, 0.29) is 11.6 Å². The summed E-state index contributed by atoms with van der Waals surface area (Å²) in [5, 5.41) is 0. The van der Waals surface area contributed by atoms with Crippen molar-refractivity contribution >= 4 is 5.96 Å². The smallest absolute Gasteiger partial charge is 0.191 e. The number of hydrogen-bond donors (Lipinski definition) is 1. The van der Waals surface area contributed by atoms with Gasteiger partial charge in [-0.1, -0.05) is 13.8 Å². The van der Waals surface area contributed by atoms with Gasteiger partial charge in [-0.25, -0.2) is 0 Å². The van der Waals surface area contributed by atoms with Crippen LogP contribution in [0.25, 0.3) is 0 Å². The topological polar surface area (TPSA) is 54.1 Å². The second-order valence-electron chi connectivity index (χ2n) is 7.97. The number of ether oxygens (including phenoxy) is 1. The lowest BCUT2D eigenvalue weighted by atomic mass is 9.88. The van der Waals surface area contributed by atoms with Crippen LogP contribution in [0, 0.1) is 11.8 Å². The van der Waals surface area contributed by atoms with Gasteiger partial charge in [0.2, 0.25) is 0 Å². The standard InChI is InChI=1S/C17H34N4O/c1-13-8-14(2)10-21(9-13)17(4,5)12-19-16(18)20-6-7-22-15(3)11-20/h13-15H,6-12H2,1-5H3,(H2,18,19). The molecule has 22 heavy (non-hydrogen) atoms. The first-order valence-electron chi connectivity index (χ1n) is 8.69. The molecular formula is C17H34N4O. The Bertz CT molecular complexity index is 386. The van der Waals surface area contributed by atoms with Gasteiger partial charge in [-0.3, -0.25) is 9.89 Å². The van der Waals surface area contributed by atoms with Crippen LogP contribution in [0.3, 0.4) is 0 Å². The summed E-state index contributed by atoms with van der Waals surface area (Å²) in [6.07, 6.45) is 1.57. The summed E-state index contributed by atoms with van der Waals surface area (Å²) in [5.74, 6) is 2.20. The van der Waals surface area contributed by atoms with Crippen molar-refractivity contribution < 1.29 is 4.74 Å². The monoisotopic (exact) mass is 310 g/mol. The number of morpholine rings is 1. The normalized spacial score (nSPS) is 32.3. The number of nitrogens with zero attached hydrogens (tertiary/aromatic N) is 3. The molecule has 2 N–H and O–H groups in total. The zero-order valence-electron chi connectivity index (χ0n) is 15.0. The number of rotatable bonds is 3. The second kappa shape index (κ2) is 7.18. The van der Waals surface area contributed by atoms with Crippen LogP contribution in [0.15, 0.2) is 4.99 Å². The minimum Gasteiger partial charge on any atom is -0.375 e. The van der Waals surface area contributed by atoms with E-state index < -0.39 is 0 Å². The molecule has 2 fully saturated rings. The molecule has 0 aromatic heterocycles. The van der Waals surface area contributed by atoms with Crippen LogP contribution < -0.4 is 5.73 Å². The van der Waals surface area contributed by atoms with Crippen LogP contribution in [-0.4, -0.2) is 66.7 Å². The van der Waals surface area contributed by atoms with E-state index >= 15 is 0 Å². The summed E-state index contributed by atoms with van der Waals surface area (Å²) in [6.45, 7) is 16.9. The van der Waals surface area contributed by atoms with Gasteiger partial charge in [0, 0.05) is 31.7 Å². The summed E-state index contributed by atoms with van der Waals surface area (Å²) in [4.78, 5) is 9.43. The molecule has 0 amide bonds. The van der Waals surface area contributed by atoms with Crippen molar-refractivity contribution in [1.82, 2.24) is 9.80 Å². The van der Waals surface area contributed by atoms with Crippen LogP contribution in [0.5, 0.6) is 0 Å². The summed E-state index contributed by atoms with van der Waals surface area (Å²) >= 11 is 0. The minimum atomic E-state index is 0.0610. The van der Waals surface area contributed by atoms with E-state index in [1.165, 1.54) is 19.5 Å². The molecule has 0 aliphatic carbocycles. The zero-order chi connectivity index (χ0) is 16.3. The van der Waals surface area contributed by atoms with Crippen LogP contribution in [-0.2, 0) is 4.74 Å². The van der Waals surface area contributed by atoms with Gasteiger partial charge in [-0.15, -0.1) is 0 Å². The molecule has 2 heterocycles. The fourth-order valence-corrected chi connectivity index (χ4v) is 3.66. The average molecular weight is 310 g/mol. The third kappa shape index (κ3) is 4.59. The van der Waals surface area contributed by atoms with E-state index in [0.717, 1.165) is 38.1 Å². The summed E-state index contributed by atoms with van der Waals surface area (Å²) < 4.78 is 5.56. The highest BCUT2D eigenvalue weighted by Crippen LogP contribution is 2.27. The molecule has 128 valence electrons. The molecule has 5 nitrogen and oxygen atoms in total. The average Bonchev–Trinajstić information content (AvgIpc) is 2.44. The first-order valence-corrected chi connectivity index (χ1v) is 8.69. The Hall–Kier alpha value is -0.810. The van der Waals surface area contributed by atoms with Crippen LogP contribution in [0.1, 0.15) is 41.0 Å². The summed E-state index contributed by atoms with van der Waals surface area (Å²) in [7, 11) is 0. The van der Waals surface area contributed by atoms with Gasteiger partial charge in [-0.05, 0) is 39.0 Å². The fourth-order valence-electron chi connectivity index (χ4n) is 3.66. The largest absolute Gasteiger partial charge is 0.375 e. The lowest BCUT2D eigenvalue weighted by Gasteiger charge is -2.44. The Balaban J connectivity index is 1.94. The highest BCUT2D eigenvalue weighted by Gasteiger charge is 2.32. The van der Waals surface area contributed by atoms with Crippen molar-refractivity contribution in [2.45, 2.75) is 52.7 Å². The zero-order valence-corrected chi connectivity index (χ0v) is 15.0. The molecule has 0 radical (unpaired) electrons. The van der Waals surface area contributed by atoms with Crippen molar-refractivity contribution in [3.05, 3.63) is 0 Å². The molecular weight excluding hydrogens is 276 g/mol. The van der Waals surface area contributed by atoms with E-state index in [9.17, 15) is 0 Å². The van der Waals surface area contributed by atoms with Gasteiger partial charge in [0.15, 0.2) is 5.96 Å². The molecule has 2 aliphatic heterocycles. The van der Waals surface area contributed by atoms with E-state index in [4.69, 9.17) is 15.5 Å². The Kier molecular flexibility index (Phi) is 5.72. The van der Waals surface area contributed by atoms with E-state index in [1.807, 2.05) is 0 Å². The number of piperidine rings is 1. The summed E-state index contributed by atoms with van der Waals surface area (Å²) in [6, 6.07) is 0. The molecule has 0 aromatic carbocycles. The Labute approximate surface area is 135 Å². The highest BCUT2D eigenvalue weighted by molar-refractivity contribution is 5.78. The van der Waals surface area contributed by atoms with Crippen LogP contribution in [0.2, 0.25) is 0 Å². The van der Waals surface area contributed by atoms with Crippen molar-refractivity contribution in [2.75, 3.05) is 39.3 Å². The van der Waals surface area contributed by atoms with Gasteiger partial charge in [0.1, 0.15) is 0 Å². The predicted octanol–water partition coefficient (Wildman–Crippen LogP) is 1.78. The van der Waals surface area contributed by atoms with Gasteiger partial charge in [0.25, 0.3) is 0 Å². The predicted molar refractivity (Wildman–Crippen MR) is 92.1 cm³/mol. The molecule has 3 unspecified atom stereocenters. The first kappa shape index (κ1) is 17.5. The maximum absolute atomic E-state index is 6.20. The number of hydrogen-bond acceptors (Lipinski definition) is 3. The van der Waals surface area contributed by atoms with Crippen molar-refractivity contribution in [3.63, 3.8) is 0 Å². The second-order valence-corrected chi connectivity index (χ2v) is 7.97. The van der Waals surface area contributed by atoms with Crippen molar-refractivity contribution in [1.29, 1.82) is 0 Å². The van der Waals surface area contributed by atoms with Crippen molar-refractivity contribution in [2.24, 2.45) is 22.6 Å². The molecule has 3 atom stereocenters. The molecule has 0 spiro atoms. The van der Waals surface area contributed by atoms with E-state index in [2.05, 4.69) is 44.4 Å². The summed E-state index contributed by atoms with van der Waals surface area (Å²) in [5.41, 5.74) is 6.26. The van der Waals surface area contributed by atoms with Crippen molar-refractivity contribution in [3.8, 4) is 0 Å². The number of aliphatic imine (C=N–C) groups is 1. The molecule has 0 bridgehead atoms. The first-order chi connectivity index (χ1) is 10.3. The minimum absolute atomic E-state index is 0.0610. The third-order valence-corrected chi connectivity index (χ3v) is 4.92. The number of nitrogens with two attached hydrogens (primary N) is 1. The molecule has 2 saturated heterocycles. The van der Waals surface area contributed by atoms with Gasteiger partial charge in [-0.2, -0.15) is 0 Å². The maximum atomic E-state index is 6.20. The van der Waals surface area contributed by atoms with Gasteiger partial charge in [0.05, 0.1) is 19.3 Å². The van der Waals surface area contributed by atoms with Gasteiger partial charge < -0.3 is 15.4 Å². The van der Waals surface area contributed by atoms with E-state index in [1.54, 1.807) is 0 Å². The quantitative estimate of drug-likeness (QED) is 0.638. The van der Waals surface area contributed by atoms with Gasteiger partial charge >= 0.3 is 0 Å². The molecule has 0 saturated carbocycles. The lowest BCUT2D eigenvalue weighted by molar-refractivity contribution is 0.00503. The Morgan fingerprint density at radius 3 is 2.41 bits per heavy atom. The molecule has 5 heteroatoms. The molecule has 0 aromatic rings. The maximum Gasteiger partial charge on any atom is 0.191 e. The fraction of sp³-hybridized carbons (Fsp3) is 0.941. The van der Waals surface area contributed by atoms with Crippen LogP contribution in [0.4, 0.5) is 0 Å².